The fourth-order valence-corrected chi connectivity index (χ4v) is 3.05. The Morgan fingerprint density at radius 3 is 2.53 bits per heavy atom. The summed E-state index contributed by atoms with van der Waals surface area (Å²) in [5.41, 5.74) is 4.73. The molecule has 4 amide bonds. The molecule has 158 valence electrons. The lowest BCUT2D eigenvalue weighted by molar-refractivity contribution is 0.247. The van der Waals surface area contributed by atoms with E-state index in [1.54, 1.807) is 13.2 Å². The van der Waals surface area contributed by atoms with Crippen molar-refractivity contribution in [2.45, 2.75) is 27.7 Å². The predicted molar refractivity (Wildman–Crippen MR) is 120 cm³/mol. The number of aromatic nitrogens is 2. The largest absolute Gasteiger partial charge is 0.341 e. The second-order valence-electron chi connectivity index (χ2n) is 8.35. The summed E-state index contributed by atoms with van der Waals surface area (Å²) in [6, 6.07) is 7.07. The van der Waals surface area contributed by atoms with Gasteiger partial charge in [0.1, 0.15) is 0 Å². The van der Waals surface area contributed by atoms with E-state index in [2.05, 4.69) is 47.0 Å². The van der Waals surface area contributed by atoms with Gasteiger partial charge in [-0.05, 0) is 35.6 Å². The summed E-state index contributed by atoms with van der Waals surface area (Å²) in [7, 11) is 1.56. The van der Waals surface area contributed by atoms with Gasteiger partial charge in [-0.2, -0.15) is 0 Å². The molecule has 0 spiro atoms. The normalized spacial score (nSPS) is 11.2. The average Bonchev–Trinajstić information content (AvgIpc) is 3.16. The Hall–Kier alpha value is -3.55. The van der Waals surface area contributed by atoms with Gasteiger partial charge < -0.3 is 25.7 Å². The molecule has 0 saturated heterocycles. The molecule has 0 aliphatic heterocycles. The number of urea groups is 2. The van der Waals surface area contributed by atoms with Crippen molar-refractivity contribution in [2.75, 3.05) is 24.2 Å². The average molecular weight is 409 g/mol. The molecule has 8 nitrogen and oxygen atoms in total. The van der Waals surface area contributed by atoms with E-state index in [0.29, 0.717) is 17.9 Å². The van der Waals surface area contributed by atoms with Crippen LogP contribution >= 0.6 is 0 Å². The van der Waals surface area contributed by atoms with Crippen LogP contribution in [0.25, 0.3) is 16.8 Å². The third-order valence-corrected chi connectivity index (χ3v) is 4.64. The highest BCUT2D eigenvalue weighted by atomic mass is 16.2. The Balaban J connectivity index is 1.93. The number of pyridine rings is 1. The molecular formula is C22H28N6O2. The molecule has 0 saturated carbocycles. The van der Waals surface area contributed by atoms with Crippen molar-refractivity contribution in [3.8, 4) is 11.1 Å². The van der Waals surface area contributed by atoms with Gasteiger partial charge in [-0.25, -0.2) is 14.6 Å². The minimum absolute atomic E-state index is 0.00260. The Labute approximate surface area is 176 Å². The number of carbonyl (C=O) groups excluding carboxylic acids is 2. The van der Waals surface area contributed by atoms with Gasteiger partial charge in [0.2, 0.25) is 0 Å². The number of amides is 4. The summed E-state index contributed by atoms with van der Waals surface area (Å²) in [5.74, 6) is 0. The van der Waals surface area contributed by atoms with Gasteiger partial charge in [-0.1, -0.05) is 32.9 Å². The lowest BCUT2D eigenvalue weighted by Gasteiger charge is -2.20. The number of rotatable bonds is 4. The van der Waals surface area contributed by atoms with Gasteiger partial charge in [-0.15, -0.1) is 0 Å². The lowest BCUT2D eigenvalue weighted by atomic mass is 9.97. The zero-order valence-electron chi connectivity index (χ0n) is 18.0. The van der Waals surface area contributed by atoms with E-state index in [1.165, 1.54) is 0 Å². The number of imidazole rings is 1. The number of fused-ring (bicyclic) bond motifs is 1. The number of nitrogens with zero attached hydrogens (tertiary/aromatic N) is 2. The third-order valence-electron chi connectivity index (χ3n) is 4.64. The summed E-state index contributed by atoms with van der Waals surface area (Å²) >= 11 is 0. The van der Waals surface area contributed by atoms with Crippen LogP contribution in [0.4, 0.5) is 21.0 Å². The van der Waals surface area contributed by atoms with E-state index in [0.717, 1.165) is 22.4 Å². The fourth-order valence-electron chi connectivity index (χ4n) is 3.05. The molecule has 8 heteroatoms. The van der Waals surface area contributed by atoms with Gasteiger partial charge in [0.25, 0.3) is 0 Å². The van der Waals surface area contributed by atoms with Crippen molar-refractivity contribution >= 4 is 29.1 Å². The molecule has 4 N–H and O–H groups in total. The highest BCUT2D eigenvalue weighted by Crippen LogP contribution is 2.31. The minimum Gasteiger partial charge on any atom is -0.341 e. The van der Waals surface area contributed by atoms with E-state index < -0.39 is 0 Å². The molecule has 0 unspecified atom stereocenters. The van der Waals surface area contributed by atoms with Crippen LogP contribution in [-0.2, 0) is 0 Å². The van der Waals surface area contributed by atoms with E-state index >= 15 is 0 Å². The zero-order chi connectivity index (χ0) is 21.9. The molecular weight excluding hydrogens is 380 g/mol. The SMILES string of the molecule is CNC(=O)Nc1cc(-c2cccc(NC(=O)NCC(C)(C)C)c2C)cn2ccnc12. The van der Waals surface area contributed by atoms with Crippen molar-refractivity contribution in [1.29, 1.82) is 0 Å². The monoisotopic (exact) mass is 408 g/mol. The number of hydrogen-bond acceptors (Lipinski definition) is 3. The Morgan fingerprint density at radius 2 is 1.83 bits per heavy atom. The van der Waals surface area contributed by atoms with Crippen LogP contribution in [0.1, 0.15) is 26.3 Å². The molecule has 0 aliphatic rings. The summed E-state index contributed by atoms with van der Waals surface area (Å²) in [4.78, 5) is 28.5. The molecule has 0 fully saturated rings. The van der Waals surface area contributed by atoms with Crippen LogP contribution in [0.15, 0.2) is 42.9 Å². The third kappa shape index (κ3) is 4.89. The first kappa shape index (κ1) is 21.2. The number of anilines is 2. The second-order valence-corrected chi connectivity index (χ2v) is 8.35. The maximum absolute atomic E-state index is 12.3. The van der Waals surface area contributed by atoms with Gasteiger partial charge >= 0.3 is 12.1 Å². The predicted octanol–water partition coefficient (Wildman–Crippen LogP) is 4.23. The number of nitrogens with one attached hydrogen (secondary N) is 4. The van der Waals surface area contributed by atoms with Crippen molar-refractivity contribution in [3.05, 3.63) is 48.4 Å². The maximum Gasteiger partial charge on any atom is 0.319 e. The number of hydrogen-bond donors (Lipinski definition) is 4. The van der Waals surface area contributed by atoms with Gasteiger partial charge in [0.15, 0.2) is 5.65 Å². The molecule has 2 heterocycles. The smallest absolute Gasteiger partial charge is 0.319 e. The molecule has 1 aromatic carbocycles. The first-order valence-electron chi connectivity index (χ1n) is 9.78. The van der Waals surface area contributed by atoms with Gasteiger partial charge in [-0.3, -0.25) is 0 Å². The van der Waals surface area contributed by atoms with Crippen LogP contribution < -0.4 is 21.3 Å². The lowest BCUT2D eigenvalue weighted by Crippen LogP contribution is -2.35. The summed E-state index contributed by atoms with van der Waals surface area (Å²) in [6.45, 7) is 8.73. The molecule has 3 rings (SSSR count). The summed E-state index contributed by atoms with van der Waals surface area (Å²) in [6.07, 6.45) is 5.45. The van der Waals surface area contributed by atoms with Crippen LogP contribution in [-0.4, -0.2) is 35.0 Å². The first-order chi connectivity index (χ1) is 14.2. The van der Waals surface area contributed by atoms with Gasteiger partial charge in [0, 0.05) is 43.4 Å². The molecule has 0 atom stereocenters. The first-order valence-corrected chi connectivity index (χ1v) is 9.78. The zero-order valence-corrected chi connectivity index (χ0v) is 18.0. The Morgan fingerprint density at radius 1 is 1.10 bits per heavy atom. The number of carbonyl (C=O) groups is 2. The fraction of sp³-hybridized carbons (Fsp3) is 0.318. The van der Waals surface area contributed by atoms with Crippen LogP contribution in [0, 0.1) is 12.3 Å². The van der Waals surface area contributed by atoms with Gasteiger partial charge in [0.05, 0.1) is 5.69 Å². The Kier molecular flexibility index (Phi) is 5.96. The van der Waals surface area contributed by atoms with E-state index in [1.807, 2.05) is 48.0 Å². The van der Waals surface area contributed by atoms with E-state index in [-0.39, 0.29) is 17.5 Å². The maximum atomic E-state index is 12.3. The van der Waals surface area contributed by atoms with E-state index in [9.17, 15) is 9.59 Å². The molecule has 0 aliphatic carbocycles. The molecule has 2 aromatic heterocycles. The molecule has 3 aromatic rings. The molecule has 0 bridgehead atoms. The van der Waals surface area contributed by atoms with Crippen molar-refractivity contribution in [1.82, 2.24) is 20.0 Å². The molecule has 30 heavy (non-hydrogen) atoms. The van der Waals surface area contributed by atoms with E-state index in [4.69, 9.17) is 0 Å². The Bertz CT molecular complexity index is 1080. The number of benzene rings is 1. The highest BCUT2D eigenvalue weighted by Gasteiger charge is 2.15. The summed E-state index contributed by atoms with van der Waals surface area (Å²) < 4.78 is 1.86. The minimum atomic E-state index is -0.320. The second kappa shape index (κ2) is 8.44. The molecule has 0 radical (unpaired) electrons. The van der Waals surface area contributed by atoms with Crippen molar-refractivity contribution in [3.63, 3.8) is 0 Å². The summed E-state index contributed by atoms with van der Waals surface area (Å²) in [5, 5.41) is 11.2. The van der Waals surface area contributed by atoms with Crippen LogP contribution in [0.2, 0.25) is 0 Å². The topological polar surface area (TPSA) is 99.6 Å². The van der Waals surface area contributed by atoms with Crippen LogP contribution in [0.5, 0.6) is 0 Å². The quantitative estimate of drug-likeness (QED) is 0.520. The van der Waals surface area contributed by atoms with Crippen molar-refractivity contribution < 1.29 is 9.59 Å². The van der Waals surface area contributed by atoms with Crippen LogP contribution in [0.3, 0.4) is 0 Å². The standard InChI is InChI=1S/C22H28N6O2/c1-14-16(7-6-8-17(14)26-21(30)25-13-22(2,3)4)15-11-18(27-20(29)23-5)19-24-9-10-28(19)12-15/h6-12H,13H2,1-5H3,(H2,23,27,29)(H2,25,26,30). The van der Waals surface area contributed by atoms with Crippen molar-refractivity contribution in [2.24, 2.45) is 5.41 Å². The highest BCUT2D eigenvalue weighted by molar-refractivity contribution is 5.95.